The van der Waals surface area contributed by atoms with Crippen LogP contribution in [0.25, 0.3) is 4.85 Å². The molecule has 1 rings (SSSR count). The molecule has 0 saturated heterocycles. The van der Waals surface area contributed by atoms with Crippen molar-refractivity contribution in [2.45, 2.75) is 0 Å². The van der Waals surface area contributed by atoms with E-state index in [0.717, 1.165) is 0 Å². The molecule has 0 aliphatic carbocycles. The van der Waals surface area contributed by atoms with Crippen LogP contribution in [0.3, 0.4) is 0 Å². The Balaban J connectivity index is 2.66. The maximum absolute atomic E-state index is 11.4. The Morgan fingerprint density at radius 2 is 1.93 bits per heavy atom. The summed E-state index contributed by atoms with van der Waals surface area (Å²) in [6.07, 6.45) is 0. The lowest BCUT2D eigenvalue weighted by atomic mass is 10.2. The van der Waals surface area contributed by atoms with Gasteiger partial charge in [-0.3, -0.25) is 14.9 Å². The molecule has 0 aromatic heterocycles. The van der Waals surface area contributed by atoms with Crippen LogP contribution >= 0.6 is 0 Å². The molecule has 2 amide bonds. The molecule has 0 atom stereocenters. The second-order valence-electron chi connectivity index (χ2n) is 2.82. The highest BCUT2D eigenvalue weighted by atomic mass is 16.2. The number of benzene rings is 1. The first-order valence-corrected chi connectivity index (χ1v) is 4.16. The van der Waals surface area contributed by atoms with E-state index >= 15 is 0 Å². The number of hydrogen-bond donors (Lipinski definition) is 2. The summed E-state index contributed by atoms with van der Waals surface area (Å²) in [6.45, 7) is 6.10. The lowest BCUT2D eigenvalue weighted by Crippen LogP contribution is -2.31. The van der Waals surface area contributed by atoms with Crippen LogP contribution in [-0.2, 0) is 4.79 Å². The molecule has 0 heterocycles. The van der Waals surface area contributed by atoms with Crippen LogP contribution in [-0.4, -0.2) is 18.4 Å². The normalized spacial score (nSPS) is 9.00. The highest BCUT2D eigenvalue weighted by Crippen LogP contribution is 2.04. The summed E-state index contributed by atoms with van der Waals surface area (Å²) < 4.78 is 0. The molecule has 1 aromatic carbocycles. The van der Waals surface area contributed by atoms with Crippen molar-refractivity contribution in [1.29, 1.82) is 0 Å². The highest BCUT2D eigenvalue weighted by molar-refractivity contribution is 6.05. The minimum absolute atomic E-state index is 0.336. The number of hydrogen-bond acceptors (Lipinski definition) is 3. The highest BCUT2D eigenvalue weighted by Gasteiger charge is 2.11. The Bertz CT molecular complexity index is 417. The van der Waals surface area contributed by atoms with E-state index in [-0.39, 0.29) is 6.54 Å². The molecule has 0 fully saturated rings. The third kappa shape index (κ3) is 3.12. The van der Waals surface area contributed by atoms with Gasteiger partial charge in [-0.15, -0.1) is 0 Å². The lowest BCUT2D eigenvalue weighted by molar-refractivity contribution is -0.118. The molecule has 0 saturated carbocycles. The number of carbonyl (C=O) groups excluding carboxylic acids is 2. The van der Waals surface area contributed by atoms with Crippen molar-refractivity contribution in [3.63, 3.8) is 0 Å². The summed E-state index contributed by atoms with van der Waals surface area (Å²) in [7, 11) is 0. The van der Waals surface area contributed by atoms with E-state index in [4.69, 9.17) is 12.3 Å². The van der Waals surface area contributed by atoms with Gasteiger partial charge in [0.05, 0.1) is 0 Å². The third-order valence-electron chi connectivity index (χ3n) is 1.65. The van der Waals surface area contributed by atoms with Gasteiger partial charge in [-0.2, -0.15) is 0 Å². The summed E-state index contributed by atoms with van der Waals surface area (Å²) in [6, 6.07) is 6.15. The van der Waals surface area contributed by atoms with Crippen molar-refractivity contribution >= 4 is 17.5 Å². The van der Waals surface area contributed by atoms with Gasteiger partial charge in [0.1, 0.15) is 0 Å². The number of rotatable bonds is 2. The van der Waals surface area contributed by atoms with Crippen LogP contribution in [0.4, 0.5) is 5.69 Å². The molecule has 3 N–H and O–H groups in total. The van der Waals surface area contributed by atoms with Gasteiger partial charge in [-0.05, 0) is 24.3 Å². The van der Waals surface area contributed by atoms with Crippen LogP contribution in [0, 0.1) is 6.57 Å². The van der Waals surface area contributed by atoms with E-state index in [1.807, 2.05) is 0 Å². The van der Waals surface area contributed by atoms with Crippen molar-refractivity contribution in [2.75, 3.05) is 12.3 Å². The summed E-state index contributed by atoms with van der Waals surface area (Å²) in [5.41, 5.74) is 6.31. The number of carbonyl (C=O) groups is 2. The molecule has 0 radical (unpaired) electrons. The number of amides is 2. The van der Waals surface area contributed by atoms with Crippen molar-refractivity contribution in [3.8, 4) is 0 Å². The van der Waals surface area contributed by atoms with E-state index < -0.39 is 11.8 Å². The zero-order valence-electron chi connectivity index (χ0n) is 7.86. The Hall–Kier alpha value is -2.35. The van der Waals surface area contributed by atoms with E-state index in [0.29, 0.717) is 11.3 Å². The number of nitrogens with one attached hydrogen (secondary N) is 1. The quantitative estimate of drug-likeness (QED) is 0.541. The minimum atomic E-state index is -0.605. The monoisotopic (exact) mass is 203 g/mol. The van der Waals surface area contributed by atoms with E-state index in [1.165, 1.54) is 12.1 Å². The van der Waals surface area contributed by atoms with E-state index in [2.05, 4.69) is 10.2 Å². The second-order valence-corrected chi connectivity index (χ2v) is 2.82. The zero-order chi connectivity index (χ0) is 11.3. The number of anilines is 1. The standard InChI is InChI=1S/C10H9N3O2/c1-12-6-9(14)13-10(15)7-2-4-8(11)5-3-7/h2-5H,6,11H2,(H,13,14,15). The van der Waals surface area contributed by atoms with Gasteiger partial charge in [-0.1, -0.05) is 0 Å². The first-order valence-electron chi connectivity index (χ1n) is 4.16. The molecule has 1 aromatic rings. The minimum Gasteiger partial charge on any atom is -0.399 e. The van der Waals surface area contributed by atoms with Crippen LogP contribution in [0.2, 0.25) is 0 Å². The predicted octanol–water partition coefficient (Wildman–Crippen LogP) is 0.444. The summed E-state index contributed by atoms with van der Waals surface area (Å²) >= 11 is 0. The number of nitrogens with zero attached hydrogens (tertiary/aromatic N) is 1. The predicted molar refractivity (Wildman–Crippen MR) is 54.8 cm³/mol. The SMILES string of the molecule is [C-]#[N+]CC(=O)NC(=O)c1ccc(N)cc1. The maximum atomic E-state index is 11.4. The van der Waals surface area contributed by atoms with Crippen molar-refractivity contribution in [1.82, 2.24) is 5.32 Å². The van der Waals surface area contributed by atoms with Gasteiger partial charge in [0, 0.05) is 11.3 Å². The summed E-state index contributed by atoms with van der Waals surface area (Å²) in [4.78, 5) is 25.2. The van der Waals surface area contributed by atoms with Gasteiger partial charge in [-0.25, -0.2) is 6.57 Å². The molecule has 5 nitrogen and oxygen atoms in total. The van der Waals surface area contributed by atoms with E-state index in [9.17, 15) is 9.59 Å². The van der Waals surface area contributed by atoms with Crippen LogP contribution in [0.5, 0.6) is 0 Å². The first-order chi connectivity index (χ1) is 7.13. The number of nitrogens with two attached hydrogens (primary N) is 1. The second kappa shape index (κ2) is 4.77. The fourth-order valence-electron chi connectivity index (χ4n) is 0.945. The molecule has 0 aliphatic heterocycles. The van der Waals surface area contributed by atoms with Crippen molar-refractivity contribution in [3.05, 3.63) is 41.2 Å². The summed E-state index contributed by atoms with van der Waals surface area (Å²) in [5.74, 6) is -1.13. The molecule has 15 heavy (non-hydrogen) atoms. The molecule has 76 valence electrons. The average Bonchev–Trinajstić information content (AvgIpc) is 2.18. The Morgan fingerprint density at radius 1 is 1.33 bits per heavy atom. The smallest absolute Gasteiger partial charge is 0.306 e. The Labute approximate surface area is 86.7 Å². The van der Waals surface area contributed by atoms with Crippen molar-refractivity contribution in [2.24, 2.45) is 0 Å². The molecular weight excluding hydrogens is 194 g/mol. The lowest BCUT2D eigenvalue weighted by Gasteiger charge is -2.00. The van der Waals surface area contributed by atoms with Crippen LogP contribution in [0.15, 0.2) is 24.3 Å². The number of imide groups is 1. The van der Waals surface area contributed by atoms with Gasteiger partial charge >= 0.3 is 5.91 Å². The topological polar surface area (TPSA) is 76.5 Å². The van der Waals surface area contributed by atoms with E-state index in [1.54, 1.807) is 12.1 Å². The van der Waals surface area contributed by atoms with Crippen molar-refractivity contribution < 1.29 is 9.59 Å². The Morgan fingerprint density at radius 3 is 2.47 bits per heavy atom. The molecular formula is C10H9N3O2. The molecule has 0 spiro atoms. The molecule has 0 bridgehead atoms. The van der Waals surface area contributed by atoms with Gasteiger partial charge in [0.25, 0.3) is 12.5 Å². The first kappa shape index (κ1) is 10.7. The zero-order valence-corrected chi connectivity index (χ0v) is 7.86. The molecule has 0 aliphatic rings. The Kier molecular flexibility index (Phi) is 3.41. The van der Waals surface area contributed by atoms with Gasteiger partial charge in [0.15, 0.2) is 0 Å². The van der Waals surface area contributed by atoms with Crippen LogP contribution < -0.4 is 11.1 Å². The maximum Gasteiger partial charge on any atom is 0.306 e. The average molecular weight is 203 g/mol. The fraction of sp³-hybridized carbons (Fsp3) is 0.100. The summed E-state index contributed by atoms with van der Waals surface area (Å²) in [5, 5.41) is 2.08. The molecule has 5 heteroatoms. The largest absolute Gasteiger partial charge is 0.399 e. The van der Waals surface area contributed by atoms with Crippen LogP contribution in [0.1, 0.15) is 10.4 Å². The van der Waals surface area contributed by atoms with Gasteiger partial charge < -0.3 is 10.6 Å². The number of nitrogen functional groups attached to an aromatic ring is 1. The third-order valence-corrected chi connectivity index (χ3v) is 1.65. The molecule has 0 unspecified atom stereocenters. The van der Waals surface area contributed by atoms with Gasteiger partial charge in [0.2, 0.25) is 0 Å². The fourth-order valence-corrected chi connectivity index (χ4v) is 0.945.